The smallest absolute Gasteiger partial charge is 0.255 e. The molecule has 3 aliphatic rings. The third-order valence-corrected chi connectivity index (χ3v) is 6.20. The van der Waals surface area contributed by atoms with Crippen molar-refractivity contribution in [1.82, 2.24) is 15.5 Å². The van der Waals surface area contributed by atoms with Gasteiger partial charge in [-0.25, -0.2) is 0 Å². The van der Waals surface area contributed by atoms with Crippen LogP contribution < -0.4 is 15.4 Å². The highest BCUT2D eigenvalue weighted by molar-refractivity contribution is 6.05. The van der Waals surface area contributed by atoms with Gasteiger partial charge in [0, 0.05) is 24.6 Å². The Morgan fingerprint density at radius 1 is 1.14 bits per heavy atom. The number of fused-ring (bicyclic) bond motifs is 1. The Balaban J connectivity index is 1.48. The van der Waals surface area contributed by atoms with Gasteiger partial charge in [0.2, 0.25) is 11.8 Å². The van der Waals surface area contributed by atoms with Gasteiger partial charge in [0.1, 0.15) is 17.9 Å². The lowest BCUT2D eigenvalue weighted by molar-refractivity contribution is -0.136. The maximum atomic E-state index is 12.8. The van der Waals surface area contributed by atoms with Crippen LogP contribution in [0.2, 0.25) is 0 Å². The molecule has 2 N–H and O–H groups in total. The van der Waals surface area contributed by atoms with Gasteiger partial charge in [0.15, 0.2) is 0 Å². The molecule has 3 atom stereocenters. The van der Waals surface area contributed by atoms with Crippen molar-refractivity contribution in [3.63, 3.8) is 0 Å². The summed E-state index contributed by atoms with van der Waals surface area (Å²) in [6.07, 6.45) is 6.52. The standard InChI is InChI=1S/C22H29N3O4/c1-2-23-17-6-4-3-5-7-19(17)29-15-8-9-16-14(12-15)13-25(22(16)28)18-10-11-20(26)24-21(18)27/h8-9,12,17-19,23H,2-7,10-11,13H2,1H3,(H,24,26,27). The number of hydrogen-bond donors (Lipinski definition) is 2. The highest BCUT2D eigenvalue weighted by Crippen LogP contribution is 2.31. The molecule has 1 saturated carbocycles. The third kappa shape index (κ3) is 4.15. The molecule has 156 valence electrons. The molecule has 0 radical (unpaired) electrons. The van der Waals surface area contributed by atoms with Crippen LogP contribution in [0.3, 0.4) is 0 Å². The quantitative estimate of drug-likeness (QED) is 0.585. The molecule has 3 unspecified atom stereocenters. The topological polar surface area (TPSA) is 87.7 Å². The monoisotopic (exact) mass is 399 g/mol. The maximum Gasteiger partial charge on any atom is 0.255 e. The molecule has 7 nitrogen and oxygen atoms in total. The van der Waals surface area contributed by atoms with Crippen molar-refractivity contribution in [3.05, 3.63) is 29.3 Å². The lowest BCUT2D eigenvalue weighted by Crippen LogP contribution is -2.52. The Bertz CT molecular complexity index is 809. The summed E-state index contributed by atoms with van der Waals surface area (Å²) in [6.45, 7) is 3.41. The van der Waals surface area contributed by atoms with Gasteiger partial charge in [-0.2, -0.15) is 0 Å². The number of nitrogens with one attached hydrogen (secondary N) is 2. The molecule has 2 fully saturated rings. The summed E-state index contributed by atoms with van der Waals surface area (Å²) in [4.78, 5) is 38.0. The van der Waals surface area contributed by atoms with Crippen molar-refractivity contribution in [2.24, 2.45) is 0 Å². The highest BCUT2D eigenvalue weighted by Gasteiger charge is 2.39. The summed E-state index contributed by atoms with van der Waals surface area (Å²) in [6, 6.07) is 5.36. The minimum Gasteiger partial charge on any atom is -0.489 e. The van der Waals surface area contributed by atoms with E-state index < -0.39 is 6.04 Å². The Morgan fingerprint density at radius 3 is 2.76 bits per heavy atom. The SMILES string of the molecule is CCNC1CCCCCC1Oc1ccc2c(c1)CN(C1CCC(=O)NC1=O)C2=O. The summed E-state index contributed by atoms with van der Waals surface area (Å²) in [7, 11) is 0. The summed E-state index contributed by atoms with van der Waals surface area (Å²) >= 11 is 0. The van der Waals surface area contributed by atoms with E-state index in [2.05, 4.69) is 17.6 Å². The molecule has 1 aromatic carbocycles. The number of hydrogen-bond acceptors (Lipinski definition) is 5. The highest BCUT2D eigenvalue weighted by atomic mass is 16.5. The van der Waals surface area contributed by atoms with Crippen LogP contribution in [-0.4, -0.2) is 47.4 Å². The lowest BCUT2D eigenvalue weighted by atomic mass is 10.0. The number of likely N-dealkylation sites (N-methyl/N-ethyl adjacent to an activating group) is 1. The third-order valence-electron chi connectivity index (χ3n) is 6.20. The first-order chi connectivity index (χ1) is 14.1. The summed E-state index contributed by atoms with van der Waals surface area (Å²) in [5.74, 6) is -0.0342. The van der Waals surface area contributed by atoms with E-state index in [1.165, 1.54) is 19.3 Å². The predicted octanol–water partition coefficient (Wildman–Crippen LogP) is 2.14. The van der Waals surface area contributed by atoms with Gasteiger partial charge >= 0.3 is 0 Å². The fourth-order valence-corrected chi connectivity index (χ4v) is 4.71. The number of rotatable bonds is 5. The van der Waals surface area contributed by atoms with Gasteiger partial charge in [-0.15, -0.1) is 0 Å². The number of piperidine rings is 1. The first kappa shape index (κ1) is 19.9. The van der Waals surface area contributed by atoms with Gasteiger partial charge in [-0.3, -0.25) is 19.7 Å². The Morgan fingerprint density at radius 2 is 1.97 bits per heavy atom. The molecule has 0 spiro atoms. The number of amides is 3. The van der Waals surface area contributed by atoms with Crippen LogP contribution >= 0.6 is 0 Å². The Kier molecular flexibility index (Phi) is 5.85. The molecule has 29 heavy (non-hydrogen) atoms. The molecule has 0 aromatic heterocycles. The van der Waals surface area contributed by atoms with Crippen LogP contribution in [0.1, 0.15) is 67.8 Å². The van der Waals surface area contributed by atoms with E-state index in [0.29, 0.717) is 24.6 Å². The molecule has 2 aliphatic heterocycles. The van der Waals surface area contributed by atoms with Gasteiger partial charge in [-0.05, 0) is 56.0 Å². The second-order valence-electron chi connectivity index (χ2n) is 8.18. The van der Waals surface area contributed by atoms with E-state index in [0.717, 1.165) is 30.7 Å². The van der Waals surface area contributed by atoms with Gasteiger partial charge < -0.3 is 15.0 Å². The fourth-order valence-electron chi connectivity index (χ4n) is 4.71. The number of nitrogens with zero attached hydrogens (tertiary/aromatic N) is 1. The maximum absolute atomic E-state index is 12.8. The molecule has 0 bridgehead atoms. The number of ether oxygens (including phenoxy) is 1. The van der Waals surface area contributed by atoms with E-state index in [1.54, 1.807) is 11.0 Å². The molecule has 2 heterocycles. The first-order valence-corrected chi connectivity index (χ1v) is 10.7. The van der Waals surface area contributed by atoms with Crippen molar-refractivity contribution in [3.8, 4) is 5.75 Å². The predicted molar refractivity (Wildman–Crippen MR) is 107 cm³/mol. The van der Waals surface area contributed by atoms with E-state index >= 15 is 0 Å². The largest absolute Gasteiger partial charge is 0.489 e. The number of imide groups is 1. The van der Waals surface area contributed by atoms with Crippen LogP contribution in [0, 0.1) is 0 Å². The van der Waals surface area contributed by atoms with Crippen molar-refractivity contribution in [2.75, 3.05) is 6.54 Å². The average Bonchev–Trinajstić information content (AvgIpc) is 2.86. The van der Waals surface area contributed by atoms with Crippen molar-refractivity contribution in [1.29, 1.82) is 0 Å². The fraction of sp³-hybridized carbons (Fsp3) is 0.591. The summed E-state index contributed by atoms with van der Waals surface area (Å²) < 4.78 is 6.36. The minimum atomic E-state index is -0.586. The van der Waals surface area contributed by atoms with Crippen LogP contribution in [0.5, 0.6) is 5.75 Å². The number of benzene rings is 1. The Hall–Kier alpha value is -2.41. The molecule has 1 aromatic rings. The Labute approximate surface area is 171 Å². The molecular formula is C22H29N3O4. The van der Waals surface area contributed by atoms with Crippen molar-refractivity contribution in [2.45, 2.75) is 76.6 Å². The normalized spacial score (nSPS) is 27.4. The zero-order valence-electron chi connectivity index (χ0n) is 16.9. The second kappa shape index (κ2) is 8.53. The van der Waals surface area contributed by atoms with E-state index in [1.807, 2.05) is 12.1 Å². The van der Waals surface area contributed by atoms with Crippen LogP contribution in [0.15, 0.2) is 18.2 Å². The molecule has 4 rings (SSSR count). The number of carbonyl (C=O) groups is 3. The first-order valence-electron chi connectivity index (χ1n) is 10.7. The molecule has 1 saturated heterocycles. The number of carbonyl (C=O) groups excluding carboxylic acids is 3. The molecule has 3 amide bonds. The van der Waals surface area contributed by atoms with E-state index in [4.69, 9.17) is 4.74 Å². The summed E-state index contributed by atoms with van der Waals surface area (Å²) in [5, 5.41) is 5.89. The lowest BCUT2D eigenvalue weighted by Gasteiger charge is -2.29. The van der Waals surface area contributed by atoms with Crippen LogP contribution in [-0.2, 0) is 16.1 Å². The molecule has 7 heteroatoms. The minimum absolute atomic E-state index is 0.124. The van der Waals surface area contributed by atoms with Crippen LogP contribution in [0.25, 0.3) is 0 Å². The second-order valence-corrected chi connectivity index (χ2v) is 8.18. The molecule has 1 aliphatic carbocycles. The van der Waals surface area contributed by atoms with E-state index in [9.17, 15) is 14.4 Å². The van der Waals surface area contributed by atoms with Crippen molar-refractivity contribution >= 4 is 17.7 Å². The average molecular weight is 399 g/mol. The zero-order chi connectivity index (χ0) is 20.4. The van der Waals surface area contributed by atoms with Crippen LogP contribution in [0.4, 0.5) is 0 Å². The zero-order valence-corrected chi connectivity index (χ0v) is 16.9. The van der Waals surface area contributed by atoms with Gasteiger partial charge in [0.25, 0.3) is 5.91 Å². The van der Waals surface area contributed by atoms with Gasteiger partial charge in [0.05, 0.1) is 0 Å². The van der Waals surface area contributed by atoms with Gasteiger partial charge in [-0.1, -0.05) is 19.8 Å². The van der Waals surface area contributed by atoms with Crippen molar-refractivity contribution < 1.29 is 19.1 Å². The summed E-state index contributed by atoms with van der Waals surface area (Å²) in [5.41, 5.74) is 1.50. The molecular weight excluding hydrogens is 370 g/mol. The van der Waals surface area contributed by atoms with E-state index in [-0.39, 0.29) is 30.2 Å².